The van der Waals surface area contributed by atoms with Crippen LogP contribution in [0, 0.1) is 5.92 Å². The summed E-state index contributed by atoms with van der Waals surface area (Å²) in [6, 6.07) is 15.1. The second-order valence-corrected chi connectivity index (χ2v) is 10.4. The van der Waals surface area contributed by atoms with E-state index >= 15 is 0 Å². The zero-order valence-corrected chi connectivity index (χ0v) is 21.6. The fraction of sp³-hybridized carbons (Fsp3) is 0.464. The fourth-order valence-electron chi connectivity index (χ4n) is 5.29. The minimum Gasteiger partial charge on any atom is -0.423 e. The minimum absolute atomic E-state index is 0.000398. The monoisotopic (exact) mass is 530 g/mol. The highest BCUT2D eigenvalue weighted by atomic mass is 19.4. The van der Waals surface area contributed by atoms with Crippen molar-refractivity contribution in [2.24, 2.45) is 11.7 Å². The van der Waals surface area contributed by atoms with Gasteiger partial charge in [0.25, 0.3) is 0 Å². The van der Waals surface area contributed by atoms with Gasteiger partial charge in [-0.05, 0) is 37.8 Å². The fourth-order valence-corrected chi connectivity index (χ4v) is 5.29. The summed E-state index contributed by atoms with van der Waals surface area (Å²) in [5, 5.41) is 12.9. The Morgan fingerprint density at radius 1 is 1.08 bits per heavy atom. The van der Waals surface area contributed by atoms with E-state index in [1.165, 1.54) is 24.3 Å². The quantitative estimate of drug-likeness (QED) is 0.390. The third kappa shape index (κ3) is 6.79. The molecule has 204 valence electrons. The van der Waals surface area contributed by atoms with E-state index in [4.69, 9.17) is 10.2 Å². The molecular formula is C28H35F3N5O2+. The Morgan fingerprint density at radius 2 is 1.74 bits per heavy atom. The molecule has 0 spiro atoms. The molecule has 1 aliphatic rings. The van der Waals surface area contributed by atoms with E-state index in [2.05, 4.69) is 20.8 Å². The van der Waals surface area contributed by atoms with Gasteiger partial charge in [0.05, 0.1) is 18.1 Å². The van der Waals surface area contributed by atoms with Crippen molar-refractivity contribution in [3.8, 4) is 0 Å². The van der Waals surface area contributed by atoms with E-state index in [1.807, 2.05) is 44.2 Å². The number of nitrogens with zero attached hydrogens (tertiary/aromatic N) is 2. The van der Waals surface area contributed by atoms with Gasteiger partial charge in [0, 0.05) is 24.7 Å². The summed E-state index contributed by atoms with van der Waals surface area (Å²) in [6.45, 7) is 4.61. The number of nitrogens with two attached hydrogens (primary N) is 2. The van der Waals surface area contributed by atoms with Crippen LogP contribution in [0.15, 0.2) is 65.1 Å². The number of halogens is 3. The van der Waals surface area contributed by atoms with Gasteiger partial charge in [0.15, 0.2) is 6.04 Å². The number of hydrogen-bond donors (Lipinski definition) is 3. The first-order valence-corrected chi connectivity index (χ1v) is 13.0. The molecule has 1 amide bonds. The number of carbonyl (C=O) groups is 1. The number of alkyl halides is 3. The molecular weight excluding hydrogens is 495 g/mol. The molecule has 7 nitrogen and oxygen atoms in total. The normalized spacial score (nSPS) is 22.4. The molecule has 3 aromatic rings. The maximum atomic E-state index is 13.9. The van der Waals surface area contributed by atoms with Gasteiger partial charge < -0.3 is 20.8 Å². The molecule has 5 atom stereocenters. The van der Waals surface area contributed by atoms with E-state index in [-0.39, 0.29) is 17.5 Å². The third-order valence-corrected chi connectivity index (χ3v) is 7.12. The van der Waals surface area contributed by atoms with Crippen molar-refractivity contribution in [3.63, 3.8) is 0 Å². The average molecular weight is 531 g/mol. The first kappa shape index (κ1) is 27.8. The van der Waals surface area contributed by atoms with Gasteiger partial charge in [-0.15, -0.1) is 10.2 Å². The van der Waals surface area contributed by atoms with Crippen molar-refractivity contribution < 1.29 is 27.7 Å². The molecule has 0 aliphatic heterocycles. The second kappa shape index (κ2) is 11.7. The standard InChI is InChI=1S/C28H34F3N5O2/c1-3-33-22-15-20(24(37)34-23(28(29,30)31)19-12-8-5-9-13-19)14-21(16-22)25-35-36-26(38-25)27(2,32)17-18-10-6-4-7-11-18/h4-13,20-23,33H,3,14-17,32H2,1-2H3,(H,34,37)/p+1/t20?,21?,22?,23?,27-/m1/s1. The molecule has 38 heavy (non-hydrogen) atoms. The van der Waals surface area contributed by atoms with Crippen LogP contribution in [0.5, 0.6) is 0 Å². The molecule has 4 unspecified atom stereocenters. The Hall–Kier alpha value is -3.24. The molecule has 1 heterocycles. The van der Waals surface area contributed by atoms with Gasteiger partial charge in [0.2, 0.25) is 17.7 Å². The van der Waals surface area contributed by atoms with Crippen molar-refractivity contribution in [2.75, 3.05) is 6.54 Å². The Kier molecular flexibility index (Phi) is 8.52. The van der Waals surface area contributed by atoms with Crippen LogP contribution in [-0.2, 0) is 16.8 Å². The number of carbonyl (C=O) groups excluding carboxylic acids is 1. The summed E-state index contributed by atoms with van der Waals surface area (Å²) >= 11 is 0. The van der Waals surface area contributed by atoms with Gasteiger partial charge in [0.1, 0.15) is 0 Å². The lowest BCUT2D eigenvalue weighted by Gasteiger charge is -2.32. The number of aromatic nitrogens is 2. The third-order valence-electron chi connectivity index (χ3n) is 7.12. The second-order valence-electron chi connectivity index (χ2n) is 10.4. The van der Waals surface area contributed by atoms with E-state index < -0.39 is 29.6 Å². The summed E-state index contributed by atoms with van der Waals surface area (Å²) in [5.74, 6) is -0.851. The van der Waals surface area contributed by atoms with Crippen molar-refractivity contribution in [1.82, 2.24) is 15.5 Å². The van der Waals surface area contributed by atoms with Gasteiger partial charge in [-0.2, -0.15) is 13.2 Å². The maximum Gasteiger partial charge on any atom is 0.412 e. The predicted octanol–water partition coefficient (Wildman–Crippen LogP) is 3.74. The molecule has 0 radical (unpaired) electrons. The molecule has 0 saturated heterocycles. The summed E-state index contributed by atoms with van der Waals surface area (Å²) in [6.07, 6.45) is -2.65. The SMILES string of the molecule is CC[NH2+]C1CC(C(=O)NC(c2ccccc2)C(F)(F)F)CC(c2nnc([C@](C)(N)Cc3ccccc3)o2)C1. The van der Waals surface area contributed by atoms with Gasteiger partial charge in [-0.25, -0.2) is 0 Å². The van der Waals surface area contributed by atoms with Crippen LogP contribution in [0.2, 0.25) is 0 Å². The zero-order chi connectivity index (χ0) is 27.3. The maximum absolute atomic E-state index is 13.9. The van der Waals surface area contributed by atoms with Crippen LogP contribution in [0.4, 0.5) is 13.2 Å². The summed E-state index contributed by atoms with van der Waals surface area (Å²) < 4.78 is 47.7. The van der Waals surface area contributed by atoms with Crippen LogP contribution < -0.4 is 16.4 Å². The molecule has 1 aliphatic carbocycles. The summed E-state index contributed by atoms with van der Waals surface area (Å²) in [7, 11) is 0. The number of hydrogen-bond acceptors (Lipinski definition) is 5. The molecule has 2 aromatic carbocycles. The highest BCUT2D eigenvalue weighted by Gasteiger charge is 2.44. The predicted molar refractivity (Wildman–Crippen MR) is 136 cm³/mol. The van der Waals surface area contributed by atoms with Crippen LogP contribution in [-0.4, -0.2) is 34.9 Å². The van der Waals surface area contributed by atoms with Crippen molar-refractivity contribution in [1.29, 1.82) is 0 Å². The van der Waals surface area contributed by atoms with Crippen molar-refractivity contribution in [3.05, 3.63) is 83.6 Å². The number of benzene rings is 2. The molecule has 1 fully saturated rings. The lowest BCUT2D eigenvalue weighted by Crippen LogP contribution is -2.90. The Labute approximate surface area is 220 Å². The van der Waals surface area contributed by atoms with E-state index in [1.54, 1.807) is 6.07 Å². The molecule has 5 N–H and O–H groups in total. The number of amides is 1. The molecule has 0 bridgehead atoms. The Morgan fingerprint density at radius 3 is 2.37 bits per heavy atom. The van der Waals surface area contributed by atoms with Gasteiger partial charge >= 0.3 is 6.18 Å². The van der Waals surface area contributed by atoms with Crippen LogP contribution in [0.3, 0.4) is 0 Å². The van der Waals surface area contributed by atoms with Crippen LogP contribution in [0.25, 0.3) is 0 Å². The van der Waals surface area contributed by atoms with Gasteiger partial charge in [-0.1, -0.05) is 60.7 Å². The zero-order valence-electron chi connectivity index (χ0n) is 21.6. The van der Waals surface area contributed by atoms with E-state index in [0.29, 0.717) is 37.5 Å². The lowest BCUT2D eigenvalue weighted by molar-refractivity contribution is -0.690. The van der Waals surface area contributed by atoms with E-state index in [0.717, 1.165) is 12.1 Å². The number of rotatable bonds is 9. The topological polar surface area (TPSA) is 111 Å². The Bertz CT molecular complexity index is 1180. The minimum atomic E-state index is -4.62. The van der Waals surface area contributed by atoms with Crippen molar-refractivity contribution >= 4 is 5.91 Å². The largest absolute Gasteiger partial charge is 0.423 e. The lowest BCUT2D eigenvalue weighted by atomic mass is 9.77. The average Bonchev–Trinajstić information content (AvgIpc) is 3.39. The summed E-state index contributed by atoms with van der Waals surface area (Å²) in [4.78, 5) is 13.2. The first-order valence-electron chi connectivity index (χ1n) is 13.0. The molecule has 1 saturated carbocycles. The molecule has 10 heteroatoms. The Balaban J connectivity index is 1.51. The van der Waals surface area contributed by atoms with Crippen LogP contribution in [0.1, 0.15) is 68.0 Å². The highest BCUT2D eigenvalue weighted by molar-refractivity contribution is 5.79. The van der Waals surface area contributed by atoms with Crippen LogP contribution >= 0.6 is 0 Å². The molecule has 1 aromatic heterocycles. The number of quaternary nitrogens is 1. The first-order chi connectivity index (χ1) is 18.1. The number of nitrogens with one attached hydrogen (secondary N) is 1. The van der Waals surface area contributed by atoms with E-state index in [9.17, 15) is 18.0 Å². The van der Waals surface area contributed by atoms with Gasteiger partial charge in [-0.3, -0.25) is 4.79 Å². The highest BCUT2D eigenvalue weighted by Crippen LogP contribution is 2.38. The summed E-state index contributed by atoms with van der Waals surface area (Å²) in [5.41, 5.74) is 6.67. The molecule has 4 rings (SSSR count). The van der Waals surface area contributed by atoms with Crippen molar-refractivity contribution in [2.45, 2.75) is 69.2 Å². The smallest absolute Gasteiger partial charge is 0.412 e.